The zero-order valence-corrected chi connectivity index (χ0v) is 23.6. The van der Waals surface area contributed by atoms with Gasteiger partial charge in [-0.1, -0.05) is 45.2 Å². The van der Waals surface area contributed by atoms with Gasteiger partial charge in [0.1, 0.15) is 23.4 Å². The normalized spacial score (nSPS) is 12.9. The van der Waals surface area contributed by atoms with Crippen molar-refractivity contribution < 1.29 is 24.2 Å². The molecular weight excluding hydrogens is 478 g/mol. The SMILES string of the molecule is CCCCCNC(=O)C(c1ccc(O)cc1)N(CCCC)C(=O)C(CCSC)NC(=O)OC(C)(C)C. The molecule has 204 valence electrons. The smallest absolute Gasteiger partial charge is 0.408 e. The number of thioether (sulfide) groups is 1. The van der Waals surface area contributed by atoms with Gasteiger partial charge in [0.2, 0.25) is 11.8 Å². The van der Waals surface area contributed by atoms with Crippen LogP contribution in [-0.2, 0) is 14.3 Å². The van der Waals surface area contributed by atoms with Gasteiger partial charge in [0, 0.05) is 13.1 Å². The number of aromatic hydroxyl groups is 1. The molecule has 1 aromatic carbocycles. The lowest BCUT2D eigenvalue weighted by Crippen LogP contribution is -2.53. The van der Waals surface area contributed by atoms with Crippen molar-refractivity contribution in [1.82, 2.24) is 15.5 Å². The number of hydrogen-bond acceptors (Lipinski definition) is 6. The number of unbranched alkanes of at least 4 members (excludes halogenated alkanes) is 3. The predicted octanol–water partition coefficient (Wildman–Crippen LogP) is 5.01. The average molecular weight is 524 g/mol. The second-order valence-corrected chi connectivity index (χ2v) is 10.8. The molecule has 0 saturated heterocycles. The number of carbonyl (C=O) groups is 3. The Kier molecular flexibility index (Phi) is 14.4. The first-order valence-electron chi connectivity index (χ1n) is 12.9. The van der Waals surface area contributed by atoms with Crippen LogP contribution in [0, 0.1) is 0 Å². The van der Waals surface area contributed by atoms with E-state index in [0.29, 0.717) is 37.2 Å². The molecule has 2 unspecified atom stereocenters. The molecule has 8 nitrogen and oxygen atoms in total. The number of alkyl carbamates (subject to hydrolysis) is 1. The molecule has 0 aliphatic carbocycles. The Hall–Kier alpha value is -2.42. The third-order valence-corrected chi connectivity index (χ3v) is 6.13. The number of ether oxygens (including phenoxy) is 1. The first-order chi connectivity index (χ1) is 17.0. The molecule has 1 aromatic rings. The third-order valence-electron chi connectivity index (χ3n) is 5.48. The molecule has 9 heteroatoms. The fourth-order valence-corrected chi connectivity index (χ4v) is 4.12. The van der Waals surface area contributed by atoms with Crippen LogP contribution in [0.5, 0.6) is 5.75 Å². The number of rotatable bonds is 15. The number of benzene rings is 1. The Morgan fingerprint density at radius 1 is 1.06 bits per heavy atom. The van der Waals surface area contributed by atoms with Gasteiger partial charge in [0.15, 0.2) is 0 Å². The largest absolute Gasteiger partial charge is 0.508 e. The molecule has 0 radical (unpaired) electrons. The third kappa shape index (κ3) is 11.5. The molecular formula is C27H45N3O5S. The number of nitrogens with one attached hydrogen (secondary N) is 2. The van der Waals surface area contributed by atoms with Crippen molar-refractivity contribution in [3.63, 3.8) is 0 Å². The highest BCUT2D eigenvalue weighted by Crippen LogP contribution is 2.26. The van der Waals surface area contributed by atoms with E-state index >= 15 is 0 Å². The molecule has 0 heterocycles. The van der Waals surface area contributed by atoms with Gasteiger partial charge in [0.25, 0.3) is 0 Å². The summed E-state index contributed by atoms with van der Waals surface area (Å²) in [6, 6.07) is 4.63. The van der Waals surface area contributed by atoms with Crippen LogP contribution in [-0.4, -0.2) is 64.7 Å². The second-order valence-electron chi connectivity index (χ2n) is 9.86. The standard InChI is InChI=1S/C27H45N3O5S/c1-7-9-11-17-28-24(32)23(20-12-14-21(31)15-13-20)30(18-10-8-2)25(33)22(16-19-36-6)29-26(34)35-27(3,4)5/h12-15,22-23,31H,7-11,16-19H2,1-6H3,(H,28,32)(H,29,34). The molecule has 3 amide bonds. The van der Waals surface area contributed by atoms with Crippen LogP contribution < -0.4 is 10.6 Å². The van der Waals surface area contributed by atoms with E-state index in [4.69, 9.17) is 4.74 Å². The van der Waals surface area contributed by atoms with Crippen molar-refractivity contribution in [2.75, 3.05) is 25.1 Å². The topological polar surface area (TPSA) is 108 Å². The minimum absolute atomic E-state index is 0.0803. The van der Waals surface area contributed by atoms with Crippen LogP contribution in [0.1, 0.15) is 84.7 Å². The predicted molar refractivity (Wildman–Crippen MR) is 146 cm³/mol. The van der Waals surface area contributed by atoms with E-state index in [1.54, 1.807) is 49.6 Å². The quantitative estimate of drug-likeness (QED) is 0.279. The van der Waals surface area contributed by atoms with Gasteiger partial charge in [-0.05, 0) is 69.7 Å². The van der Waals surface area contributed by atoms with Crippen molar-refractivity contribution in [2.45, 2.75) is 90.8 Å². The number of phenols is 1. The first-order valence-corrected chi connectivity index (χ1v) is 14.3. The van der Waals surface area contributed by atoms with Gasteiger partial charge in [-0.25, -0.2) is 4.79 Å². The molecule has 1 rings (SSSR count). The van der Waals surface area contributed by atoms with Crippen LogP contribution in [0.2, 0.25) is 0 Å². The highest BCUT2D eigenvalue weighted by atomic mass is 32.2. The summed E-state index contributed by atoms with van der Waals surface area (Å²) in [5, 5.41) is 15.5. The van der Waals surface area contributed by atoms with Gasteiger partial charge in [0.05, 0.1) is 0 Å². The van der Waals surface area contributed by atoms with E-state index in [9.17, 15) is 19.5 Å². The lowest BCUT2D eigenvalue weighted by Gasteiger charge is -2.34. The zero-order chi connectivity index (χ0) is 27.1. The van der Waals surface area contributed by atoms with Crippen molar-refractivity contribution in [2.24, 2.45) is 0 Å². The average Bonchev–Trinajstić information content (AvgIpc) is 2.81. The minimum atomic E-state index is -0.886. The van der Waals surface area contributed by atoms with Crippen LogP contribution in [0.4, 0.5) is 4.79 Å². The molecule has 0 spiro atoms. The molecule has 0 aliphatic rings. The molecule has 0 aromatic heterocycles. The lowest BCUT2D eigenvalue weighted by atomic mass is 10.0. The summed E-state index contributed by atoms with van der Waals surface area (Å²) in [5.74, 6) is 0.130. The summed E-state index contributed by atoms with van der Waals surface area (Å²) >= 11 is 1.58. The summed E-state index contributed by atoms with van der Waals surface area (Å²) in [7, 11) is 0. The number of nitrogens with zero attached hydrogens (tertiary/aromatic N) is 1. The molecule has 0 fully saturated rings. The summed E-state index contributed by atoms with van der Waals surface area (Å²) in [4.78, 5) is 41.5. The van der Waals surface area contributed by atoms with Gasteiger partial charge >= 0.3 is 6.09 Å². The van der Waals surface area contributed by atoms with Gasteiger partial charge < -0.3 is 25.4 Å². The van der Waals surface area contributed by atoms with Gasteiger partial charge in [-0.3, -0.25) is 9.59 Å². The molecule has 3 N–H and O–H groups in total. The second kappa shape index (κ2) is 16.3. The molecule has 0 saturated carbocycles. The monoisotopic (exact) mass is 523 g/mol. The Morgan fingerprint density at radius 2 is 1.69 bits per heavy atom. The number of phenolic OH excluding ortho intramolecular Hbond substituents is 1. The van der Waals surface area contributed by atoms with Crippen molar-refractivity contribution in [3.05, 3.63) is 29.8 Å². The Bertz CT molecular complexity index is 811. The summed E-state index contributed by atoms with van der Waals surface area (Å²) in [6.45, 7) is 10.3. The van der Waals surface area contributed by atoms with E-state index in [1.807, 2.05) is 13.2 Å². The number of carbonyl (C=O) groups excluding carboxylic acids is 3. The maximum absolute atomic E-state index is 13.9. The first kappa shape index (κ1) is 31.6. The molecule has 0 aliphatic heterocycles. The maximum Gasteiger partial charge on any atom is 0.408 e. The van der Waals surface area contributed by atoms with Crippen LogP contribution in [0.3, 0.4) is 0 Å². The Morgan fingerprint density at radius 3 is 2.25 bits per heavy atom. The summed E-state index contributed by atoms with van der Waals surface area (Å²) in [6.07, 6.45) is 6.09. The fraction of sp³-hybridized carbons (Fsp3) is 0.667. The molecule has 0 bridgehead atoms. The van der Waals surface area contributed by atoms with E-state index in [-0.39, 0.29) is 17.6 Å². The van der Waals surface area contributed by atoms with Crippen LogP contribution in [0.25, 0.3) is 0 Å². The van der Waals surface area contributed by atoms with Gasteiger partial charge in [-0.15, -0.1) is 0 Å². The molecule has 36 heavy (non-hydrogen) atoms. The van der Waals surface area contributed by atoms with Crippen LogP contribution >= 0.6 is 11.8 Å². The fourth-order valence-electron chi connectivity index (χ4n) is 3.65. The Balaban J connectivity index is 3.34. The number of hydrogen-bond donors (Lipinski definition) is 3. The van der Waals surface area contributed by atoms with E-state index in [1.165, 1.54) is 12.1 Å². The highest BCUT2D eigenvalue weighted by molar-refractivity contribution is 7.98. The van der Waals surface area contributed by atoms with Crippen LogP contribution in [0.15, 0.2) is 24.3 Å². The van der Waals surface area contributed by atoms with E-state index in [2.05, 4.69) is 17.6 Å². The molecule has 2 atom stereocenters. The van der Waals surface area contributed by atoms with E-state index < -0.39 is 23.8 Å². The van der Waals surface area contributed by atoms with Crippen molar-refractivity contribution in [3.8, 4) is 5.75 Å². The Labute approximate surface area is 220 Å². The lowest BCUT2D eigenvalue weighted by molar-refractivity contribution is -0.142. The van der Waals surface area contributed by atoms with Crippen molar-refractivity contribution >= 4 is 29.7 Å². The highest BCUT2D eigenvalue weighted by Gasteiger charge is 2.35. The van der Waals surface area contributed by atoms with E-state index in [0.717, 1.165) is 25.7 Å². The minimum Gasteiger partial charge on any atom is -0.508 e. The zero-order valence-electron chi connectivity index (χ0n) is 22.8. The van der Waals surface area contributed by atoms with Crippen molar-refractivity contribution in [1.29, 1.82) is 0 Å². The number of amides is 3. The maximum atomic E-state index is 13.9. The summed E-state index contributed by atoms with van der Waals surface area (Å²) in [5.41, 5.74) is -0.0994. The summed E-state index contributed by atoms with van der Waals surface area (Å²) < 4.78 is 5.41. The van der Waals surface area contributed by atoms with Gasteiger partial charge in [-0.2, -0.15) is 11.8 Å².